The third-order valence-corrected chi connectivity index (χ3v) is 6.71. The van der Waals surface area contributed by atoms with Crippen LogP contribution >= 0.6 is 0 Å². The second-order valence-electron chi connectivity index (χ2n) is 9.28. The van der Waals surface area contributed by atoms with Gasteiger partial charge in [0.1, 0.15) is 0 Å². The van der Waals surface area contributed by atoms with Crippen molar-refractivity contribution in [2.75, 3.05) is 0 Å². The first-order valence-electron chi connectivity index (χ1n) is 12.8. The Bertz CT molecular complexity index is 1550. The molecule has 0 radical (unpaired) electrons. The topological polar surface area (TPSA) is 0 Å². The van der Waals surface area contributed by atoms with E-state index < -0.39 is 0 Å². The van der Waals surface area contributed by atoms with E-state index in [0.717, 1.165) is 6.42 Å². The normalized spacial score (nSPS) is 12.4. The molecule has 0 bridgehead atoms. The molecule has 36 heavy (non-hydrogen) atoms. The first-order chi connectivity index (χ1) is 17.7. The van der Waals surface area contributed by atoms with E-state index in [1.54, 1.807) is 0 Å². The Morgan fingerprint density at radius 3 is 1.78 bits per heavy atom. The largest absolute Gasteiger partial charge is 0.0871 e. The zero-order valence-electron chi connectivity index (χ0n) is 21.3. The van der Waals surface area contributed by atoms with E-state index in [9.17, 15) is 0 Å². The Morgan fingerprint density at radius 2 is 1.22 bits per heavy atom. The number of aryl methyl sites for hydroxylation is 1. The molecule has 0 heteroatoms. The highest BCUT2D eigenvalue weighted by Crippen LogP contribution is 2.43. The quantitative estimate of drug-likeness (QED) is 0.173. The summed E-state index contributed by atoms with van der Waals surface area (Å²) in [5.74, 6) is 0. The van der Waals surface area contributed by atoms with Gasteiger partial charge >= 0.3 is 0 Å². The lowest BCUT2D eigenvalue weighted by Gasteiger charge is -2.18. The van der Waals surface area contributed by atoms with Crippen LogP contribution in [-0.2, 0) is 0 Å². The monoisotopic (exact) mass is 464 g/mol. The highest BCUT2D eigenvalue weighted by molar-refractivity contribution is 6.21. The fourth-order valence-electron chi connectivity index (χ4n) is 5.08. The van der Waals surface area contributed by atoms with Gasteiger partial charge in [-0.25, -0.2) is 0 Å². The van der Waals surface area contributed by atoms with Crippen molar-refractivity contribution in [2.24, 2.45) is 0 Å². The number of hydrogen-bond donors (Lipinski definition) is 0. The van der Waals surface area contributed by atoms with E-state index in [1.807, 2.05) is 0 Å². The van der Waals surface area contributed by atoms with Gasteiger partial charge in [0.2, 0.25) is 0 Å². The predicted molar refractivity (Wildman–Crippen MR) is 159 cm³/mol. The van der Waals surface area contributed by atoms with Crippen molar-refractivity contribution in [3.8, 4) is 22.3 Å². The second-order valence-corrected chi connectivity index (χ2v) is 9.28. The molecular weight excluding hydrogens is 432 g/mol. The Kier molecular flexibility index (Phi) is 6.96. The van der Waals surface area contributed by atoms with E-state index >= 15 is 0 Å². The van der Waals surface area contributed by atoms with Gasteiger partial charge in [-0.3, -0.25) is 0 Å². The molecular formula is C36H32. The lowest BCUT2D eigenvalue weighted by molar-refractivity contribution is 1.21. The minimum absolute atomic E-state index is 1.02. The van der Waals surface area contributed by atoms with Gasteiger partial charge in [0.05, 0.1) is 0 Å². The average Bonchev–Trinajstić information content (AvgIpc) is 2.91. The molecule has 0 heterocycles. The van der Waals surface area contributed by atoms with E-state index in [0.29, 0.717) is 0 Å². The molecule has 0 amide bonds. The van der Waals surface area contributed by atoms with Crippen LogP contribution in [0, 0.1) is 6.92 Å². The maximum absolute atomic E-state index is 2.31. The zero-order valence-corrected chi connectivity index (χ0v) is 21.3. The maximum Gasteiger partial charge on any atom is -0.00262 e. The summed E-state index contributed by atoms with van der Waals surface area (Å²) < 4.78 is 0. The van der Waals surface area contributed by atoms with Crippen LogP contribution < -0.4 is 0 Å². The molecule has 0 aliphatic rings. The molecule has 0 aliphatic heterocycles. The maximum atomic E-state index is 2.31. The highest BCUT2D eigenvalue weighted by atomic mass is 14.2. The van der Waals surface area contributed by atoms with Crippen molar-refractivity contribution < 1.29 is 0 Å². The average molecular weight is 465 g/mol. The molecule has 0 spiro atoms. The van der Waals surface area contributed by atoms with Crippen molar-refractivity contribution in [1.82, 2.24) is 0 Å². The smallest absolute Gasteiger partial charge is 0.00262 e. The lowest BCUT2D eigenvalue weighted by atomic mass is 9.85. The molecule has 5 aromatic carbocycles. The Balaban J connectivity index is 1.74. The molecule has 5 aromatic rings. The fraction of sp³-hybridized carbons (Fsp3) is 0.111. The SMILES string of the molecule is C\C=C/C(/C=C/c1cccc(-c2c3ccccc3c(-c3ccc(C)cc3)c3ccccc23)c1)=C\CC. The van der Waals surface area contributed by atoms with Crippen LogP contribution in [-0.4, -0.2) is 0 Å². The number of hydrogen-bond acceptors (Lipinski definition) is 0. The van der Waals surface area contributed by atoms with Gasteiger partial charge in [-0.2, -0.15) is 0 Å². The first kappa shape index (κ1) is 23.6. The lowest BCUT2D eigenvalue weighted by Crippen LogP contribution is -1.91. The van der Waals surface area contributed by atoms with Crippen LogP contribution in [0.25, 0.3) is 49.9 Å². The zero-order chi connectivity index (χ0) is 24.9. The summed E-state index contributed by atoms with van der Waals surface area (Å²) in [6.07, 6.45) is 12.0. The summed E-state index contributed by atoms with van der Waals surface area (Å²) in [5.41, 5.74) is 8.83. The van der Waals surface area contributed by atoms with Gasteiger partial charge in [-0.05, 0) is 81.3 Å². The standard InChI is InChI=1S/C36H32/c1-4-11-27(12-5-2)21-22-28-13-10-14-30(25-28)36-33-17-8-6-15-31(33)35(29-23-19-26(3)20-24-29)32-16-7-9-18-34(32)36/h4,6-25H,5H2,1-3H3/b11-4-,22-21+,27-12+. The van der Waals surface area contributed by atoms with Crippen molar-refractivity contribution in [1.29, 1.82) is 0 Å². The van der Waals surface area contributed by atoms with E-state index in [4.69, 9.17) is 0 Å². The number of fused-ring (bicyclic) bond motifs is 2. The summed E-state index contributed by atoms with van der Waals surface area (Å²) in [4.78, 5) is 0. The molecule has 0 aromatic heterocycles. The van der Waals surface area contributed by atoms with Crippen molar-refractivity contribution in [3.63, 3.8) is 0 Å². The summed E-state index contributed by atoms with van der Waals surface area (Å²) in [6.45, 7) is 6.38. The third-order valence-electron chi connectivity index (χ3n) is 6.71. The number of allylic oxidation sites excluding steroid dienone is 5. The molecule has 0 aliphatic carbocycles. The van der Waals surface area contributed by atoms with Crippen molar-refractivity contribution in [3.05, 3.63) is 138 Å². The summed E-state index contributed by atoms with van der Waals surface area (Å²) in [7, 11) is 0. The van der Waals surface area contributed by atoms with E-state index in [1.165, 1.54) is 60.5 Å². The van der Waals surface area contributed by atoms with Gasteiger partial charge in [0.25, 0.3) is 0 Å². The summed E-state index contributed by atoms with van der Waals surface area (Å²) >= 11 is 0. The highest BCUT2D eigenvalue weighted by Gasteiger charge is 2.16. The Labute approximate surface area is 214 Å². The van der Waals surface area contributed by atoms with Crippen LogP contribution in [0.2, 0.25) is 0 Å². The minimum Gasteiger partial charge on any atom is -0.0871 e. The Hall–Kier alpha value is -4.16. The molecule has 0 saturated heterocycles. The number of benzene rings is 5. The molecule has 0 saturated carbocycles. The van der Waals surface area contributed by atoms with Gasteiger partial charge < -0.3 is 0 Å². The molecule has 176 valence electrons. The van der Waals surface area contributed by atoms with Crippen molar-refractivity contribution in [2.45, 2.75) is 27.2 Å². The molecule has 5 rings (SSSR count). The van der Waals surface area contributed by atoms with Gasteiger partial charge in [-0.15, -0.1) is 0 Å². The van der Waals surface area contributed by atoms with E-state index in [2.05, 4.69) is 148 Å². The summed E-state index contributed by atoms with van der Waals surface area (Å²) in [5, 5.41) is 5.15. The van der Waals surface area contributed by atoms with Gasteiger partial charge in [0.15, 0.2) is 0 Å². The van der Waals surface area contributed by atoms with Crippen LogP contribution in [0.1, 0.15) is 31.4 Å². The first-order valence-corrected chi connectivity index (χ1v) is 12.8. The van der Waals surface area contributed by atoms with E-state index in [-0.39, 0.29) is 0 Å². The summed E-state index contributed by atoms with van der Waals surface area (Å²) in [6, 6.07) is 35.5. The van der Waals surface area contributed by atoms with Gasteiger partial charge in [0, 0.05) is 0 Å². The Morgan fingerprint density at radius 1 is 0.639 bits per heavy atom. The fourth-order valence-corrected chi connectivity index (χ4v) is 5.08. The molecule has 0 fully saturated rings. The molecule has 0 atom stereocenters. The third kappa shape index (κ3) is 4.68. The van der Waals surface area contributed by atoms with Crippen LogP contribution in [0.4, 0.5) is 0 Å². The second kappa shape index (κ2) is 10.6. The predicted octanol–water partition coefficient (Wildman–Crippen LogP) is 10.6. The van der Waals surface area contributed by atoms with Crippen LogP contribution in [0.3, 0.4) is 0 Å². The molecule has 0 unspecified atom stereocenters. The number of rotatable bonds is 6. The molecule has 0 nitrogen and oxygen atoms in total. The molecule has 0 N–H and O–H groups in total. The van der Waals surface area contributed by atoms with Crippen molar-refractivity contribution >= 4 is 27.6 Å². The van der Waals surface area contributed by atoms with Crippen LogP contribution in [0.5, 0.6) is 0 Å². The van der Waals surface area contributed by atoms with Gasteiger partial charge in [-0.1, -0.05) is 134 Å². The minimum atomic E-state index is 1.02. The van der Waals surface area contributed by atoms with Crippen LogP contribution in [0.15, 0.2) is 127 Å².